The largest absolute Gasteiger partial charge is 0.316 e. The van der Waals surface area contributed by atoms with Crippen LogP contribution in [0.2, 0.25) is 0 Å². The maximum absolute atomic E-state index is 4.43. The van der Waals surface area contributed by atoms with Crippen molar-refractivity contribution < 1.29 is 0 Å². The lowest BCUT2D eigenvalue weighted by molar-refractivity contribution is 0.456. The molecule has 2 aliphatic heterocycles. The van der Waals surface area contributed by atoms with Crippen LogP contribution in [0, 0.1) is 5.92 Å². The van der Waals surface area contributed by atoms with Gasteiger partial charge in [-0.05, 0) is 11.4 Å². The highest BCUT2D eigenvalue weighted by Crippen LogP contribution is 2.32. The molecule has 4 heteroatoms. The first-order valence-electron chi connectivity index (χ1n) is 5.01. The summed E-state index contributed by atoms with van der Waals surface area (Å²) in [7, 11) is 0. The number of hydrogen-bond donors (Lipinski definition) is 2. The Morgan fingerprint density at radius 2 is 2.50 bits per heavy atom. The predicted molar refractivity (Wildman–Crippen MR) is 58.6 cm³/mol. The molecule has 2 atom stereocenters. The standard InChI is InChI=1S/C10H13N3S/c1-2-9(14-5-1)10-7-6-11-4-3-8(7)12-13-10/h1-2,5,7,10-11,13H,3-4,6H2. The van der Waals surface area contributed by atoms with Gasteiger partial charge in [0.2, 0.25) is 0 Å². The molecule has 0 saturated carbocycles. The minimum atomic E-state index is 0.415. The minimum Gasteiger partial charge on any atom is -0.316 e. The van der Waals surface area contributed by atoms with Crippen molar-refractivity contribution in [1.29, 1.82) is 0 Å². The first kappa shape index (κ1) is 8.44. The highest BCUT2D eigenvalue weighted by atomic mass is 32.1. The fraction of sp³-hybridized carbons (Fsp3) is 0.500. The van der Waals surface area contributed by atoms with Gasteiger partial charge < -0.3 is 10.7 Å². The first-order chi connectivity index (χ1) is 6.95. The van der Waals surface area contributed by atoms with Gasteiger partial charge in [0.25, 0.3) is 0 Å². The Morgan fingerprint density at radius 1 is 1.50 bits per heavy atom. The molecule has 74 valence electrons. The van der Waals surface area contributed by atoms with Crippen LogP contribution in [0.4, 0.5) is 0 Å². The molecule has 0 aromatic carbocycles. The van der Waals surface area contributed by atoms with Crippen molar-refractivity contribution in [1.82, 2.24) is 10.7 Å². The molecule has 0 bridgehead atoms. The highest BCUT2D eigenvalue weighted by Gasteiger charge is 2.34. The SMILES string of the molecule is c1csc(C2NN=C3CCNCC32)c1. The van der Waals surface area contributed by atoms with Gasteiger partial charge in [-0.25, -0.2) is 0 Å². The Balaban J connectivity index is 1.85. The Kier molecular flexibility index (Phi) is 2.03. The Hall–Kier alpha value is -0.870. The zero-order valence-electron chi connectivity index (χ0n) is 7.86. The fourth-order valence-corrected chi connectivity index (χ4v) is 3.03. The van der Waals surface area contributed by atoms with Crippen molar-refractivity contribution in [2.45, 2.75) is 12.5 Å². The van der Waals surface area contributed by atoms with E-state index in [9.17, 15) is 0 Å². The van der Waals surface area contributed by atoms with Crippen LogP contribution in [-0.2, 0) is 0 Å². The zero-order valence-corrected chi connectivity index (χ0v) is 8.68. The van der Waals surface area contributed by atoms with Crippen molar-refractivity contribution in [3.8, 4) is 0 Å². The van der Waals surface area contributed by atoms with Crippen LogP contribution in [0.3, 0.4) is 0 Å². The van der Waals surface area contributed by atoms with Crippen molar-refractivity contribution in [2.24, 2.45) is 11.0 Å². The van der Waals surface area contributed by atoms with Crippen molar-refractivity contribution >= 4 is 17.0 Å². The van der Waals surface area contributed by atoms with Gasteiger partial charge in [-0.3, -0.25) is 0 Å². The third-order valence-corrected chi connectivity index (χ3v) is 3.90. The second-order valence-corrected chi connectivity index (χ2v) is 4.77. The number of hydrazone groups is 1. The van der Waals surface area contributed by atoms with E-state index in [0.717, 1.165) is 19.5 Å². The van der Waals surface area contributed by atoms with Crippen LogP contribution in [-0.4, -0.2) is 18.8 Å². The topological polar surface area (TPSA) is 36.4 Å². The van der Waals surface area contributed by atoms with Gasteiger partial charge in [0.15, 0.2) is 0 Å². The molecule has 1 saturated heterocycles. The summed E-state index contributed by atoms with van der Waals surface area (Å²) >= 11 is 1.81. The van der Waals surface area contributed by atoms with E-state index in [4.69, 9.17) is 0 Å². The van der Waals surface area contributed by atoms with E-state index < -0.39 is 0 Å². The zero-order chi connectivity index (χ0) is 9.38. The number of thiophene rings is 1. The molecule has 0 radical (unpaired) electrons. The fourth-order valence-electron chi connectivity index (χ4n) is 2.20. The lowest BCUT2D eigenvalue weighted by atomic mass is 9.90. The van der Waals surface area contributed by atoms with Crippen LogP contribution >= 0.6 is 11.3 Å². The maximum Gasteiger partial charge on any atom is 0.0874 e. The molecular formula is C10H13N3S. The van der Waals surface area contributed by atoms with E-state index in [1.54, 1.807) is 0 Å². The van der Waals surface area contributed by atoms with Gasteiger partial charge in [-0.1, -0.05) is 6.07 Å². The van der Waals surface area contributed by atoms with Crippen LogP contribution in [0.25, 0.3) is 0 Å². The molecule has 14 heavy (non-hydrogen) atoms. The van der Waals surface area contributed by atoms with E-state index in [1.165, 1.54) is 10.6 Å². The summed E-state index contributed by atoms with van der Waals surface area (Å²) < 4.78 is 0. The maximum atomic E-state index is 4.43. The van der Waals surface area contributed by atoms with Gasteiger partial charge in [0.05, 0.1) is 6.04 Å². The van der Waals surface area contributed by atoms with Crippen molar-refractivity contribution in [2.75, 3.05) is 13.1 Å². The van der Waals surface area contributed by atoms with Crippen LogP contribution < -0.4 is 10.7 Å². The lowest BCUT2D eigenvalue weighted by Crippen LogP contribution is -2.38. The van der Waals surface area contributed by atoms with Crippen LogP contribution in [0.5, 0.6) is 0 Å². The summed E-state index contributed by atoms with van der Waals surface area (Å²) in [6.07, 6.45) is 1.10. The molecule has 3 rings (SSSR count). The molecule has 0 aliphatic carbocycles. The normalized spacial score (nSPS) is 30.7. The van der Waals surface area contributed by atoms with E-state index in [-0.39, 0.29) is 0 Å². The summed E-state index contributed by atoms with van der Waals surface area (Å²) in [5.41, 5.74) is 4.61. The number of nitrogens with one attached hydrogen (secondary N) is 2. The summed E-state index contributed by atoms with van der Waals surface area (Å²) in [4.78, 5) is 1.40. The number of rotatable bonds is 1. The average Bonchev–Trinajstić information content (AvgIpc) is 2.85. The minimum absolute atomic E-state index is 0.415. The monoisotopic (exact) mass is 207 g/mol. The quantitative estimate of drug-likeness (QED) is 0.729. The molecule has 0 spiro atoms. The molecule has 0 amide bonds. The summed E-state index contributed by atoms with van der Waals surface area (Å²) in [5, 5.41) is 9.99. The molecular weight excluding hydrogens is 194 g/mol. The third-order valence-electron chi connectivity index (χ3n) is 2.95. The smallest absolute Gasteiger partial charge is 0.0874 e. The molecule has 3 heterocycles. The van der Waals surface area contributed by atoms with E-state index in [1.807, 2.05) is 11.3 Å². The molecule has 3 nitrogen and oxygen atoms in total. The Bertz CT molecular complexity index is 344. The second-order valence-electron chi connectivity index (χ2n) is 3.79. The highest BCUT2D eigenvalue weighted by molar-refractivity contribution is 7.10. The summed E-state index contributed by atoms with van der Waals surface area (Å²) in [6, 6.07) is 4.71. The van der Waals surface area contributed by atoms with Crippen molar-refractivity contribution in [3.05, 3.63) is 22.4 Å². The van der Waals surface area contributed by atoms with Gasteiger partial charge in [-0.15, -0.1) is 11.3 Å². The molecule has 2 aliphatic rings. The van der Waals surface area contributed by atoms with Gasteiger partial charge >= 0.3 is 0 Å². The van der Waals surface area contributed by atoms with E-state index in [0.29, 0.717) is 12.0 Å². The summed E-state index contributed by atoms with van der Waals surface area (Å²) in [6.45, 7) is 2.14. The van der Waals surface area contributed by atoms with E-state index in [2.05, 4.69) is 33.4 Å². The number of hydrogen-bond acceptors (Lipinski definition) is 4. The molecule has 2 N–H and O–H groups in total. The van der Waals surface area contributed by atoms with Crippen molar-refractivity contribution in [3.63, 3.8) is 0 Å². The molecule has 2 unspecified atom stereocenters. The van der Waals surface area contributed by atoms with Gasteiger partial charge in [0.1, 0.15) is 0 Å². The Labute approximate surface area is 87.2 Å². The van der Waals surface area contributed by atoms with Gasteiger partial charge in [0, 0.05) is 36.0 Å². The number of nitrogens with zero attached hydrogens (tertiary/aromatic N) is 1. The first-order valence-corrected chi connectivity index (χ1v) is 5.89. The average molecular weight is 207 g/mol. The molecule has 1 aromatic heterocycles. The summed E-state index contributed by atoms with van der Waals surface area (Å²) in [5.74, 6) is 0.572. The van der Waals surface area contributed by atoms with Crippen LogP contribution in [0.15, 0.2) is 22.6 Å². The number of piperidine rings is 1. The van der Waals surface area contributed by atoms with E-state index >= 15 is 0 Å². The number of fused-ring (bicyclic) bond motifs is 1. The Morgan fingerprint density at radius 3 is 3.36 bits per heavy atom. The molecule has 1 fully saturated rings. The second kappa shape index (κ2) is 3.37. The molecule has 1 aromatic rings. The predicted octanol–water partition coefficient (Wildman–Crippen LogP) is 1.36. The third kappa shape index (κ3) is 1.26. The van der Waals surface area contributed by atoms with Crippen LogP contribution in [0.1, 0.15) is 17.3 Å². The van der Waals surface area contributed by atoms with Gasteiger partial charge in [-0.2, -0.15) is 5.10 Å². The lowest BCUT2D eigenvalue weighted by Gasteiger charge is -2.24.